The van der Waals surface area contributed by atoms with Gasteiger partial charge in [-0.05, 0) is 38.5 Å². The first-order valence-electron chi connectivity index (χ1n) is 28.5. The summed E-state index contributed by atoms with van der Waals surface area (Å²) >= 11 is 0. The van der Waals surface area contributed by atoms with Gasteiger partial charge in [-0.15, -0.1) is 0 Å². The molecule has 8 atom stereocenters. The zero-order valence-corrected chi connectivity index (χ0v) is 44.8. The molecule has 6 N–H and O–H groups in total. The van der Waals surface area contributed by atoms with Crippen LogP contribution in [-0.4, -0.2) is 98.3 Å². The minimum atomic E-state index is -5.12. The zero-order valence-electron chi connectivity index (χ0n) is 43.9. The summed E-state index contributed by atoms with van der Waals surface area (Å²) in [5.74, 6) is -1.28. The topological polar surface area (TPSA) is 210 Å². The fourth-order valence-electron chi connectivity index (χ4n) is 9.07. The van der Waals surface area contributed by atoms with Crippen LogP contribution in [0.2, 0.25) is 0 Å². The van der Waals surface area contributed by atoms with Crippen molar-refractivity contribution in [3.8, 4) is 0 Å². The van der Waals surface area contributed by atoms with Crippen molar-refractivity contribution in [1.29, 1.82) is 0 Å². The van der Waals surface area contributed by atoms with Gasteiger partial charge < -0.3 is 39.9 Å². The zero-order chi connectivity index (χ0) is 50.6. The Labute approximate surface area is 420 Å². The van der Waals surface area contributed by atoms with Gasteiger partial charge in [0.1, 0.15) is 43.2 Å². The van der Waals surface area contributed by atoms with E-state index >= 15 is 0 Å². The van der Waals surface area contributed by atoms with E-state index in [4.69, 9.17) is 18.5 Å². The number of hydrogen-bond acceptors (Lipinski definition) is 12. The minimum absolute atomic E-state index is 0.0283. The Balaban J connectivity index is 2.11. The smallest absolute Gasteiger partial charge is 0.463 e. The summed E-state index contributed by atoms with van der Waals surface area (Å²) in [7, 11) is -5.12. The summed E-state index contributed by atoms with van der Waals surface area (Å²) in [6.45, 7) is 3.20. The van der Waals surface area contributed by atoms with Crippen LogP contribution in [0.15, 0.2) is 12.2 Å². The van der Waals surface area contributed by atoms with E-state index in [2.05, 4.69) is 26.0 Å². The first-order valence-corrected chi connectivity index (χ1v) is 30.0. The third kappa shape index (κ3) is 37.1. The molecule has 7 unspecified atom stereocenters. The highest BCUT2D eigenvalue weighted by molar-refractivity contribution is 7.47. The van der Waals surface area contributed by atoms with Crippen molar-refractivity contribution in [3.05, 3.63) is 12.2 Å². The van der Waals surface area contributed by atoms with Crippen LogP contribution in [0.3, 0.4) is 0 Å². The molecular weight excluding hydrogens is 900 g/mol. The van der Waals surface area contributed by atoms with Crippen molar-refractivity contribution in [1.82, 2.24) is 0 Å². The third-order valence-electron chi connectivity index (χ3n) is 13.6. The molecule has 0 bridgehead atoms. The number of carbonyl (C=O) groups is 2. The summed E-state index contributed by atoms with van der Waals surface area (Å²) in [5.41, 5.74) is 0. The lowest BCUT2D eigenvalue weighted by atomic mass is 9.85. The predicted molar refractivity (Wildman–Crippen MR) is 277 cm³/mol. The lowest BCUT2D eigenvalue weighted by molar-refractivity contribution is -0.231. The Bertz CT molecular complexity index is 1270. The number of rotatable bonds is 49. The Hall–Kier alpha value is -1.41. The van der Waals surface area contributed by atoms with Crippen molar-refractivity contribution < 1.29 is 63.1 Å². The molecule has 1 rings (SSSR count). The molecule has 0 spiro atoms. The van der Waals surface area contributed by atoms with Crippen LogP contribution in [0.4, 0.5) is 0 Å². The number of carbonyl (C=O) groups excluding carboxylic acids is 2. The van der Waals surface area contributed by atoms with Crippen molar-refractivity contribution in [2.75, 3.05) is 13.2 Å². The van der Waals surface area contributed by atoms with Gasteiger partial charge in [-0.3, -0.25) is 18.6 Å². The Kier molecular flexibility index (Phi) is 43.0. The first-order chi connectivity index (χ1) is 33.4. The van der Waals surface area contributed by atoms with Crippen molar-refractivity contribution in [2.45, 2.75) is 313 Å². The summed E-state index contributed by atoms with van der Waals surface area (Å²) in [6.07, 6.45) is 38.1. The summed E-state index contributed by atoms with van der Waals surface area (Å²) < 4.78 is 33.2. The Morgan fingerprint density at radius 2 is 0.768 bits per heavy atom. The largest absolute Gasteiger partial charge is 0.472 e. The highest BCUT2D eigenvalue weighted by Crippen LogP contribution is 2.47. The summed E-state index contributed by atoms with van der Waals surface area (Å²) in [5, 5.41) is 52.0. The van der Waals surface area contributed by atoms with Crippen LogP contribution >= 0.6 is 7.82 Å². The average Bonchev–Trinajstić information content (AvgIpc) is 3.33. The van der Waals surface area contributed by atoms with Gasteiger partial charge >= 0.3 is 19.8 Å². The molecular formula is C55H105O13P. The maximum atomic E-state index is 12.9. The summed E-state index contributed by atoms with van der Waals surface area (Å²) in [6, 6.07) is 0. The maximum absolute atomic E-state index is 12.9. The number of phosphoric ester groups is 1. The number of hydrogen-bond donors (Lipinski definition) is 6. The second kappa shape index (κ2) is 45.2. The lowest BCUT2D eigenvalue weighted by Gasteiger charge is -2.43. The molecule has 0 aromatic rings. The van der Waals surface area contributed by atoms with E-state index in [0.29, 0.717) is 12.8 Å². The highest BCUT2D eigenvalue weighted by atomic mass is 31.2. The molecule has 1 aliphatic carbocycles. The fraction of sp³-hybridized carbons (Fsp3) is 0.927. The van der Waals surface area contributed by atoms with Gasteiger partial charge in [0.25, 0.3) is 0 Å². The predicted octanol–water partition coefficient (Wildman–Crippen LogP) is 13.0. The molecule has 0 saturated heterocycles. The number of unbranched alkanes of at least 4 members (excludes halogenated alkanes) is 35. The van der Waals surface area contributed by atoms with E-state index < -0.39 is 75.7 Å². The van der Waals surface area contributed by atoms with Gasteiger partial charge in [-0.2, -0.15) is 0 Å². The van der Waals surface area contributed by atoms with E-state index in [1.807, 2.05) is 0 Å². The number of aliphatic hydroxyl groups is 5. The van der Waals surface area contributed by atoms with Gasteiger partial charge in [-0.1, -0.05) is 231 Å². The molecule has 0 aromatic heterocycles. The quantitative estimate of drug-likeness (QED) is 0.0145. The second-order valence-corrected chi connectivity index (χ2v) is 21.6. The monoisotopic (exact) mass is 1000 g/mol. The lowest BCUT2D eigenvalue weighted by Crippen LogP contribution is -2.65. The molecule has 1 saturated carbocycles. The van der Waals surface area contributed by atoms with Gasteiger partial charge in [-0.25, -0.2) is 4.57 Å². The van der Waals surface area contributed by atoms with Gasteiger partial charge in [0.2, 0.25) is 0 Å². The van der Waals surface area contributed by atoms with Crippen LogP contribution in [0.5, 0.6) is 0 Å². The van der Waals surface area contributed by atoms with E-state index in [1.165, 1.54) is 186 Å². The normalized spacial score (nSPS) is 20.9. The number of esters is 2. The molecule has 408 valence electrons. The molecule has 13 nitrogen and oxygen atoms in total. The highest BCUT2D eigenvalue weighted by Gasteiger charge is 2.53. The average molecular weight is 1010 g/mol. The molecule has 14 heteroatoms. The SMILES string of the molecule is CCCCCCCC/C=C\CCCCCCCCCCCCCCCCCCCC(=O)OC[C@H](O)COP(=O)(O)OC1C(O)C(O)C(O)C(O)C1OC(=O)CCCCCCCCCCCCCCC. The van der Waals surface area contributed by atoms with E-state index in [0.717, 1.165) is 44.9 Å². The number of ether oxygens (including phenoxy) is 2. The van der Waals surface area contributed by atoms with Crippen LogP contribution in [0, 0.1) is 0 Å². The molecule has 0 aromatic carbocycles. The van der Waals surface area contributed by atoms with E-state index in [-0.39, 0.29) is 12.8 Å². The molecule has 69 heavy (non-hydrogen) atoms. The van der Waals surface area contributed by atoms with Gasteiger partial charge in [0, 0.05) is 12.8 Å². The van der Waals surface area contributed by atoms with Crippen LogP contribution in [0.25, 0.3) is 0 Å². The van der Waals surface area contributed by atoms with E-state index in [9.17, 15) is 44.6 Å². The minimum Gasteiger partial charge on any atom is -0.463 e. The number of aliphatic hydroxyl groups excluding tert-OH is 5. The molecule has 1 fully saturated rings. The van der Waals surface area contributed by atoms with E-state index in [1.54, 1.807) is 0 Å². The second-order valence-electron chi connectivity index (χ2n) is 20.2. The van der Waals surface area contributed by atoms with Crippen LogP contribution in [0.1, 0.15) is 271 Å². The van der Waals surface area contributed by atoms with Crippen molar-refractivity contribution in [3.63, 3.8) is 0 Å². The molecule has 0 amide bonds. The molecule has 0 heterocycles. The third-order valence-corrected chi connectivity index (χ3v) is 14.5. The number of allylic oxidation sites excluding steroid dienone is 2. The van der Waals surface area contributed by atoms with Gasteiger partial charge in [0.15, 0.2) is 6.10 Å². The Morgan fingerprint density at radius 1 is 0.449 bits per heavy atom. The standard InChI is InChI=1S/C55H105O13P/c1-3-5-7-9-11-13-15-17-18-19-20-21-22-23-24-25-26-27-28-29-30-32-33-35-37-39-41-43-48(57)65-45-47(56)46-66-69(63,64)68-55-53(62)51(60)50(59)52(61)54(55)67-49(58)44-42-40-38-36-34-31-16-14-12-10-8-6-4-2/h17-18,47,50-56,59-62H,3-16,19-46H2,1-2H3,(H,63,64)/b18-17-/t47-,50?,51?,52?,53?,54?,55?/m0/s1. The van der Waals surface area contributed by atoms with Crippen molar-refractivity contribution >= 4 is 19.8 Å². The maximum Gasteiger partial charge on any atom is 0.472 e. The van der Waals surface area contributed by atoms with Gasteiger partial charge in [0.05, 0.1) is 6.61 Å². The van der Waals surface area contributed by atoms with Crippen molar-refractivity contribution in [2.24, 2.45) is 0 Å². The fourth-order valence-corrected chi connectivity index (χ4v) is 10.0. The van der Waals surface area contributed by atoms with Crippen LogP contribution in [-0.2, 0) is 32.7 Å². The molecule has 1 aliphatic rings. The Morgan fingerprint density at radius 3 is 1.14 bits per heavy atom. The first kappa shape index (κ1) is 65.6. The molecule has 0 aliphatic heterocycles. The molecule has 0 radical (unpaired) electrons. The number of phosphoric acid groups is 1. The summed E-state index contributed by atoms with van der Waals surface area (Å²) in [4.78, 5) is 35.4. The van der Waals surface area contributed by atoms with Crippen LogP contribution < -0.4 is 0 Å².